The lowest BCUT2D eigenvalue weighted by molar-refractivity contribution is -0.122. The summed E-state index contributed by atoms with van der Waals surface area (Å²) in [5.74, 6) is -7.84. The molecule has 1 saturated carbocycles. The minimum absolute atomic E-state index is 0.0162. The van der Waals surface area contributed by atoms with E-state index in [4.69, 9.17) is 0 Å². The first-order valence-corrected chi connectivity index (χ1v) is 13.5. The Morgan fingerprint density at radius 3 is 1.68 bits per heavy atom. The van der Waals surface area contributed by atoms with Crippen LogP contribution in [-0.4, -0.2) is 18.4 Å². The zero-order chi connectivity index (χ0) is 27.9. The van der Waals surface area contributed by atoms with E-state index < -0.39 is 29.0 Å². The zero-order valence-corrected chi connectivity index (χ0v) is 22.1. The maximum Gasteiger partial charge on any atom is 0.298 e. The first-order valence-electron chi connectivity index (χ1n) is 13.5. The van der Waals surface area contributed by atoms with Gasteiger partial charge in [-0.25, -0.2) is 8.78 Å². The van der Waals surface area contributed by atoms with Crippen molar-refractivity contribution in [3.63, 3.8) is 0 Å². The number of carbonyl (C=O) groups is 2. The van der Waals surface area contributed by atoms with Crippen LogP contribution in [0, 0.1) is 36.1 Å². The Balaban J connectivity index is 0.000000733. The van der Waals surface area contributed by atoms with Gasteiger partial charge in [0.1, 0.15) is 0 Å². The van der Waals surface area contributed by atoms with Crippen LogP contribution in [0.2, 0.25) is 0 Å². The molecule has 0 unspecified atom stereocenters. The summed E-state index contributed by atoms with van der Waals surface area (Å²) in [6, 6.07) is 0.525. The summed E-state index contributed by atoms with van der Waals surface area (Å²) in [5, 5.41) is 3.12. The quantitative estimate of drug-likeness (QED) is 0.0728. The van der Waals surface area contributed by atoms with E-state index in [0.717, 1.165) is 12.8 Å². The van der Waals surface area contributed by atoms with Gasteiger partial charge in [-0.05, 0) is 25.7 Å². The molecule has 1 amide bonds. The van der Waals surface area contributed by atoms with Gasteiger partial charge in [0.25, 0.3) is 6.47 Å². The Morgan fingerprint density at radius 2 is 1.30 bits per heavy atom. The van der Waals surface area contributed by atoms with E-state index in [0.29, 0.717) is 6.04 Å². The monoisotopic (exact) mass is 529 g/mol. The van der Waals surface area contributed by atoms with E-state index in [-0.39, 0.29) is 18.4 Å². The molecule has 0 saturated heterocycles. The molecule has 1 aromatic carbocycles. The number of benzene rings is 1. The van der Waals surface area contributed by atoms with Crippen molar-refractivity contribution >= 4 is 12.4 Å². The highest BCUT2D eigenvalue weighted by Gasteiger charge is 2.20. The molecular formula is C29H43F4NO3. The van der Waals surface area contributed by atoms with Crippen LogP contribution in [0.25, 0.3) is 0 Å². The van der Waals surface area contributed by atoms with Gasteiger partial charge in [0.15, 0.2) is 11.6 Å². The van der Waals surface area contributed by atoms with Crippen molar-refractivity contribution in [2.75, 3.05) is 0 Å². The normalized spacial score (nSPS) is 12.3. The molecule has 1 fully saturated rings. The average Bonchev–Trinajstić information content (AvgIpc) is 2.87. The molecule has 1 aliphatic carbocycles. The molecule has 8 heteroatoms. The fraction of sp³-hybridized carbons (Fsp3) is 0.655. The Kier molecular flexibility index (Phi) is 21.1. The van der Waals surface area contributed by atoms with Gasteiger partial charge in [0.05, 0.1) is 0 Å². The van der Waals surface area contributed by atoms with E-state index in [1.165, 1.54) is 96.3 Å². The van der Waals surface area contributed by atoms with Crippen molar-refractivity contribution in [1.29, 1.82) is 0 Å². The van der Waals surface area contributed by atoms with Crippen LogP contribution in [0.3, 0.4) is 0 Å². The molecule has 0 aliphatic heterocycles. The Morgan fingerprint density at radius 1 is 0.865 bits per heavy atom. The molecule has 0 spiro atoms. The third-order valence-electron chi connectivity index (χ3n) is 6.22. The molecule has 1 aromatic rings. The smallest absolute Gasteiger partial charge is 0.298 e. The van der Waals surface area contributed by atoms with Gasteiger partial charge in [-0.2, -0.15) is 8.78 Å². The molecule has 0 aromatic heterocycles. The van der Waals surface area contributed by atoms with Crippen molar-refractivity contribution in [3.8, 4) is 18.6 Å². The highest BCUT2D eigenvalue weighted by molar-refractivity contribution is 5.76. The van der Waals surface area contributed by atoms with E-state index in [1.54, 1.807) is 0 Å². The van der Waals surface area contributed by atoms with E-state index in [9.17, 15) is 27.2 Å². The molecule has 0 radical (unpaired) electrons. The van der Waals surface area contributed by atoms with Gasteiger partial charge >= 0.3 is 0 Å². The fourth-order valence-corrected chi connectivity index (χ4v) is 3.86. The number of halogens is 4. The summed E-state index contributed by atoms with van der Waals surface area (Å²) < 4.78 is 53.6. The second-order valence-corrected chi connectivity index (χ2v) is 9.20. The molecule has 1 N–H and O–H groups in total. The fourth-order valence-electron chi connectivity index (χ4n) is 3.86. The average molecular weight is 530 g/mol. The summed E-state index contributed by atoms with van der Waals surface area (Å²) in [7, 11) is 0. The summed E-state index contributed by atoms with van der Waals surface area (Å²) in [6.07, 6.45) is 30.2. The molecule has 4 nitrogen and oxygen atoms in total. The minimum atomic E-state index is -1.74. The number of hydrogen-bond acceptors (Lipinski definition) is 3. The van der Waals surface area contributed by atoms with Gasteiger partial charge < -0.3 is 10.1 Å². The number of terminal acetylenes is 1. The molecular weight excluding hydrogens is 486 g/mol. The number of hydrogen-bond donors (Lipinski definition) is 1. The summed E-state index contributed by atoms with van der Waals surface area (Å²) in [5.41, 5.74) is 0. The third kappa shape index (κ3) is 16.0. The summed E-state index contributed by atoms with van der Waals surface area (Å²) in [4.78, 5) is 21.3. The highest BCUT2D eigenvalue weighted by Crippen LogP contribution is 2.25. The van der Waals surface area contributed by atoms with Crippen molar-refractivity contribution < 1.29 is 31.9 Å². The van der Waals surface area contributed by atoms with Crippen LogP contribution in [0.1, 0.15) is 116 Å². The van der Waals surface area contributed by atoms with Gasteiger partial charge in [-0.15, -0.1) is 12.8 Å². The number of unbranched alkanes of at least 4 members (excludes halogenated alkanes) is 12. The Bertz CT molecular complexity index is 756. The Labute approximate surface area is 219 Å². The first-order chi connectivity index (χ1) is 17.9. The number of nitrogens with one attached hydrogen (secondary N) is 1. The number of carbonyl (C=O) groups excluding carboxylic acids is 2. The zero-order valence-electron chi connectivity index (χ0n) is 22.1. The molecule has 0 heterocycles. The second kappa shape index (κ2) is 22.6. The third-order valence-corrected chi connectivity index (χ3v) is 6.22. The van der Waals surface area contributed by atoms with Gasteiger partial charge in [0, 0.05) is 18.5 Å². The van der Waals surface area contributed by atoms with Crippen LogP contribution >= 0.6 is 0 Å². The van der Waals surface area contributed by atoms with Crippen LogP contribution in [0.15, 0.2) is 6.07 Å². The predicted octanol–water partition coefficient (Wildman–Crippen LogP) is 8.16. The van der Waals surface area contributed by atoms with Crippen LogP contribution in [-0.2, 0) is 9.59 Å². The number of amides is 1. The highest BCUT2D eigenvalue weighted by atomic mass is 19.2. The van der Waals surface area contributed by atoms with Gasteiger partial charge in [-0.3, -0.25) is 9.59 Å². The van der Waals surface area contributed by atoms with Crippen LogP contribution in [0.4, 0.5) is 17.6 Å². The minimum Gasteiger partial charge on any atom is -0.422 e. The maximum atomic E-state index is 12.6. The standard InChI is InChI=1S/C20H39NO.C7H2F4O2.C2H2/c1-2-3-4-5-6-7-8-9-10-11-12-13-14-18-20(22)21-19-16-15-17-19;8-3-1-4(9)6(11)7(5(3)10)13-2-12;1-2/h19H,2-18H2,1H3,(H,21,22);1-2H;1-2H. The SMILES string of the molecule is C#C.CCCCCCCCCCCCCCCC(=O)NC1CCC1.O=COc1c(F)c(F)cc(F)c1F. The van der Waals surface area contributed by atoms with E-state index in [1.807, 2.05) is 0 Å². The van der Waals surface area contributed by atoms with Crippen molar-refractivity contribution in [2.24, 2.45) is 0 Å². The second-order valence-electron chi connectivity index (χ2n) is 9.20. The van der Waals surface area contributed by atoms with Crippen molar-refractivity contribution in [3.05, 3.63) is 29.3 Å². The van der Waals surface area contributed by atoms with E-state index in [2.05, 4.69) is 29.8 Å². The molecule has 1 aliphatic rings. The topological polar surface area (TPSA) is 55.4 Å². The molecule has 37 heavy (non-hydrogen) atoms. The van der Waals surface area contributed by atoms with Crippen LogP contribution in [0.5, 0.6) is 5.75 Å². The predicted molar refractivity (Wildman–Crippen MR) is 139 cm³/mol. The summed E-state index contributed by atoms with van der Waals surface area (Å²) in [6.45, 7) is 1.95. The van der Waals surface area contributed by atoms with Gasteiger partial charge in [0.2, 0.25) is 23.3 Å². The molecule has 210 valence electrons. The largest absolute Gasteiger partial charge is 0.422 e. The summed E-state index contributed by atoms with van der Waals surface area (Å²) >= 11 is 0. The van der Waals surface area contributed by atoms with Crippen molar-refractivity contribution in [2.45, 2.75) is 122 Å². The lowest BCUT2D eigenvalue weighted by atomic mass is 9.93. The molecule has 2 rings (SSSR count). The Hall–Kier alpha value is -2.56. The van der Waals surface area contributed by atoms with E-state index >= 15 is 0 Å². The van der Waals surface area contributed by atoms with Crippen LogP contribution < -0.4 is 10.1 Å². The molecule has 0 bridgehead atoms. The van der Waals surface area contributed by atoms with Crippen molar-refractivity contribution in [1.82, 2.24) is 5.32 Å². The first kappa shape index (κ1) is 34.4. The molecule has 0 atom stereocenters. The lowest BCUT2D eigenvalue weighted by Gasteiger charge is -2.26. The number of rotatable bonds is 17. The number of ether oxygens (including phenoxy) is 1. The lowest BCUT2D eigenvalue weighted by Crippen LogP contribution is -2.39. The maximum absolute atomic E-state index is 12.6. The van der Waals surface area contributed by atoms with Gasteiger partial charge in [-0.1, -0.05) is 84.0 Å².